The Morgan fingerprint density at radius 2 is 1.90 bits per heavy atom. The molecule has 0 aliphatic rings. The van der Waals surface area contributed by atoms with Gasteiger partial charge in [-0.05, 0) is 32.0 Å². The summed E-state index contributed by atoms with van der Waals surface area (Å²) in [6.45, 7) is 5.61. The molecular weight excluding hydrogens is 272 g/mol. The number of aromatic nitrogens is 2. The van der Waals surface area contributed by atoms with Crippen molar-refractivity contribution in [1.29, 1.82) is 0 Å². The SMILES string of the molecule is CCNC(Cc1c(F)cccc1F)Cc1nccn1CC. The maximum absolute atomic E-state index is 13.8. The quantitative estimate of drug-likeness (QED) is 0.850. The van der Waals surface area contributed by atoms with Gasteiger partial charge >= 0.3 is 0 Å². The molecule has 0 saturated heterocycles. The van der Waals surface area contributed by atoms with Crippen LogP contribution in [0.2, 0.25) is 0 Å². The van der Waals surface area contributed by atoms with Gasteiger partial charge in [-0.15, -0.1) is 0 Å². The van der Waals surface area contributed by atoms with E-state index in [2.05, 4.69) is 10.3 Å². The Hall–Kier alpha value is -1.75. The van der Waals surface area contributed by atoms with Gasteiger partial charge in [0.05, 0.1) is 0 Å². The molecule has 1 N–H and O–H groups in total. The van der Waals surface area contributed by atoms with E-state index >= 15 is 0 Å². The van der Waals surface area contributed by atoms with Crippen molar-refractivity contribution in [1.82, 2.24) is 14.9 Å². The first kappa shape index (κ1) is 15.6. The fraction of sp³-hybridized carbons (Fsp3) is 0.438. The molecule has 0 saturated carbocycles. The maximum atomic E-state index is 13.8. The highest BCUT2D eigenvalue weighted by atomic mass is 19.1. The summed E-state index contributed by atoms with van der Waals surface area (Å²) in [5, 5.41) is 3.29. The molecular formula is C16H21F2N3. The average Bonchev–Trinajstić information content (AvgIpc) is 2.90. The lowest BCUT2D eigenvalue weighted by Gasteiger charge is -2.19. The van der Waals surface area contributed by atoms with Gasteiger partial charge in [-0.2, -0.15) is 0 Å². The Balaban J connectivity index is 2.16. The Labute approximate surface area is 124 Å². The molecule has 21 heavy (non-hydrogen) atoms. The third kappa shape index (κ3) is 3.88. The summed E-state index contributed by atoms with van der Waals surface area (Å²) in [6.07, 6.45) is 4.62. The largest absolute Gasteiger partial charge is 0.335 e. The lowest BCUT2D eigenvalue weighted by molar-refractivity contribution is 0.471. The van der Waals surface area contributed by atoms with Crippen LogP contribution in [-0.2, 0) is 19.4 Å². The molecule has 1 unspecified atom stereocenters. The second-order valence-corrected chi connectivity index (χ2v) is 4.99. The molecule has 2 rings (SSSR count). The number of imidazole rings is 1. The fourth-order valence-electron chi connectivity index (χ4n) is 2.52. The van der Waals surface area contributed by atoms with Gasteiger partial charge in [-0.1, -0.05) is 13.0 Å². The van der Waals surface area contributed by atoms with E-state index in [1.807, 2.05) is 24.6 Å². The smallest absolute Gasteiger partial charge is 0.129 e. The number of rotatable bonds is 7. The molecule has 0 bridgehead atoms. The number of benzene rings is 1. The van der Waals surface area contributed by atoms with Crippen molar-refractivity contribution in [2.45, 2.75) is 39.3 Å². The van der Waals surface area contributed by atoms with Crippen LogP contribution in [0.4, 0.5) is 8.78 Å². The van der Waals surface area contributed by atoms with Gasteiger partial charge < -0.3 is 9.88 Å². The summed E-state index contributed by atoms with van der Waals surface area (Å²) >= 11 is 0. The van der Waals surface area contributed by atoms with E-state index in [1.165, 1.54) is 18.2 Å². The van der Waals surface area contributed by atoms with Crippen LogP contribution in [0.15, 0.2) is 30.6 Å². The first-order chi connectivity index (χ1) is 10.2. The standard InChI is InChI=1S/C16H21F2N3/c1-3-19-12(11-16-20-8-9-21(16)4-2)10-13-14(17)6-5-7-15(13)18/h5-9,12,19H,3-4,10-11H2,1-2H3. The number of hydrogen-bond donors (Lipinski definition) is 1. The maximum Gasteiger partial charge on any atom is 0.129 e. The van der Waals surface area contributed by atoms with Crippen LogP contribution >= 0.6 is 0 Å². The number of likely N-dealkylation sites (N-methyl/N-ethyl adjacent to an activating group) is 1. The molecule has 3 nitrogen and oxygen atoms in total. The Morgan fingerprint density at radius 1 is 1.19 bits per heavy atom. The minimum atomic E-state index is -0.489. The second kappa shape index (κ2) is 7.31. The van der Waals surface area contributed by atoms with Gasteiger partial charge in [0.25, 0.3) is 0 Å². The van der Waals surface area contributed by atoms with E-state index < -0.39 is 11.6 Å². The summed E-state index contributed by atoms with van der Waals surface area (Å²) in [5.74, 6) is -0.0475. The number of hydrogen-bond acceptors (Lipinski definition) is 2. The minimum absolute atomic E-state index is 0.0471. The molecule has 0 fully saturated rings. The molecule has 1 aromatic carbocycles. The topological polar surface area (TPSA) is 29.9 Å². The molecule has 0 spiro atoms. The molecule has 1 heterocycles. The third-order valence-electron chi connectivity index (χ3n) is 3.58. The second-order valence-electron chi connectivity index (χ2n) is 4.99. The van der Waals surface area contributed by atoms with Crippen molar-refractivity contribution < 1.29 is 8.78 Å². The monoisotopic (exact) mass is 293 g/mol. The highest BCUT2D eigenvalue weighted by molar-refractivity contribution is 5.21. The van der Waals surface area contributed by atoms with Crippen molar-refractivity contribution >= 4 is 0 Å². The Bertz CT molecular complexity index is 560. The van der Waals surface area contributed by atoms with Gasteiger partial charge in [-0.3, -0.25) is 0 Å². The zero-order valence-electron chi connectivity index (χ0n) is 12.4. The fourth-order valence-corrected chi connectivity index (χ4v) is 2.52. The predicted octanol–water partition coefficient (Wildman–Crippen LogP) is 2.94. The van der Waals surface area contributed by atoms with Crippen LogP contribution < -0.4 is 5.32 Å². The summed E-state index contributed by atoms with van der Waals surface area (Å²) in [7, 11) is 0. The molecule has 0 radical (unpaired) electrons. The van der Waals surface area contributed by atoms with Crippen molar-refractivity contribution in [3.05, 3.63) is 53.6 Å². The first-order valence-corrected chi connectivity index (χ1v) is 7.32. The van der Waals surface area contributed by atoms with Gasteiger partial charge in [0.2, 0.25) is 0 Å². The zero-order chi connectivity index (χ0) is 15.2. The summed E-state index contributed by atoms with van der Waals surface area (Å²) < 4.78 is 29.6. The first-order valence-electron chi connectivity index (χ1n) is 7.32. The van der Waals surface area contributed by atoms with Gasteiger partial charge in [-0.25, -0.2) is 13.8 Å². The average molecular weight is 293 g/mol. The number of nitrogens with one attached hydrogen (secondary N) is 1. The van der Waals surface area contributed by atoms with Crippen LogP contribution in [0.5, 0.6) is 0 Å². The molecule has 0 amide bonds. The van der Waals surface area contributed by atoms with E-state index in [9.17, 15) is 8.78 Å². The van der Waals surface area contributed by atoms with Crippen LogP contribution in [0.25, 0.3) is 0 Å². The highest BCUT2D eigenvalue weighted by Gasteiger charge is 2.17. The van der Waals surface area contributed by atoms with Crippen molar-refractivity contribution in [2.75, 3.05) is 6.54 Å². The molecule has 2 aromatic rings. The van der Waals surface area contributed by atoms with E-state index in [0.717, 1.165) is 18.9 Å². The van der Waals surface area contributed by atoms with E-state index in [4.69, 9.17) is 0 Å². The van der Waals surface area contributed by atoms with Crippen LogP contribution in [0.1, 0.15) is 25.2 Å². The normalized spacial score (nSPS) is 12.6. The minimum Gasteiger partial charge on any atom is -0.335 e. The Kier molecular flexibility index (Phi) is 5.44. The zero-order valence-corrected chi connectivity index (χ0v) is 12.4. The number of halogens is 2. The third-order valence-corrected chi connectivity index (χ3v) is 3.58. The van der Waals surface area contributed by atoms with Gasteiger partial charge in [0, 0.05) is 37.0 Å². The van der Waals surface area contributed by atoms with Crippen molar-refractivity contribution in [3.63, 3.8) is 0 Å². The lowest BCUT2D eigenvalue weighted by atomic mass is 10.0. The summed E-state index contributed by atoms with van der Waals surface area (Å²) in [4.78, 5) is 4.33. The van der Waals surface area contributed by atoms with E-state index in [0.29, 0.717) is 12.8 Å². The van der Waals surface area contributed by atoms with E-state index in [1.54, 1.807) is 6.20 Å². The highest BCUT2D eigenvalue weighted by Crippen LogP contribution is 2.16. The summed E-state index contributed by atoms with van der Waals surface area (Å²) in [5.41, 5.74) is 0.137. The molecule has 5 heteroatoms. The van der Waals surface area contributed by atoms with Gasteiger partial charge in [0.1, 0.15) is 17.5 Å². The number of aryl methyl sites for hydroxylation is 1. The molecule has 1 aromatic heterocycles. The molecule has 114 valence electrons. The van der Waals surface area contributed by atoms with Crippen molar-refractivity contribution in [2.24, 2.45) is 0 Å². The number of nitrogens with zero attached hydrogens (tertiary/aromatic N) is 2. The van der Waals surface area contributed by atoms with E-state index in [-0.39, 0.29) is 11.6 Å². The molecule has 1 atom stereocenters. The van der Waals surface area contributed by atoms with Crippen LogP contribution in [0, 0.1) is 11.6 Å². The van der Waals surface area contributed by atoms with Gasteiger partial charge in [0.15, 0.2) is 0 Å². The lowest BCUT2D eigenvalue weighted by Crippen LogP contribution is -2.34. The molecule has 0 aliphatic heterocycles. The van der Waals surface area contributed by atoms with Crippen LogP contribution in [-0.4, -0.2) is 22.1 Å². The Morgan fingerprint density at radius 3 is 2.52 bits per heavy atom. The molecule has 0 aliphatic carbocycles. The predicted molar refractivity (Wildman–Crippen MR) is 79.1 cm³/mol. The van der Waals surface area contributed by atoms with Crippen LogP contribution in [0.3, 0.4) is 0 Å². The van der Waals surface area contributed by atoms with Crippen molar-refractivity contribution in [3.8, 4) is 0 Å². The summed E-state index contributed by atoms with van der Waals surface area (Å²) in [6, 6.07) is 3.94.